The van der Waals surface area contributed by atoms with Crippen LogP contribution < -0.4 is 5.32 Å². The van der Waals surface area contributed by atoms with E-state index in [1.807, 2.05) is 25.1 Å². The van der Waals surface area contributed by atoms with Gasteiger partial charge < -0.3 is 9.73 Å². The van der Waals surface area contributed by atoms with Crippen molar-refractivity contribution in [2.45, 2.75) is 13.3 Å². The molecule has 0 saturated heterocycles. The average Bonchev–Trinajstić information content (AvgIpc) is 3.10. The molecule has 0 atom stereocenters. The van der Waals surface area contributed by atoms with E-state index in [9.17, 15) is 5.26 Å². The number of aliphatic imine (C=N–C) groups is 1. The standard InChI is InChI=1S/C19H19N3O/c1-3-21-19(18-10-7-13-23-18)17(14-20)15(2)22-12-11-16-8-5-4-6-9-16/h3-10,13,22H,1,11-12H2,2H3/b17-15+,21-19+. The molecule has 0 amide bonds. The Labute approximate surface area is 136 Å². The van der Waals surface area contributed by atoms with Crippen LogP contribution >= 0.6 is 0 Å². The van der Waals surface area contributed by atoms with Gasteiger partial charge in [0, 0.05) is 18.4 Å². The van der Waals surface area contributed by atoms with E-state index in [1.54, 1.807) is 18.4 Å². The summed E-state index contributed by atoms with van der Waals surface area (Å²) < 4.78 is 5.36. The molecule has 4 nitrogen and oxygen atoms in total. The van der Waals surface area contributed by atoms with Crippen molar-refractivity contribution in [1.29, 1.82) is 5.26 Å². The minimum Gasteiger partial charge on any atom is -0.463 e. The third-order valence-electron chi connectivity index (χ3n) is 3.35. The molecular weight excluding hydrogens is 286 g/mol. The largest absolute Gasteiger partial charge is 0.463 e. The smallest absolute Gasteiger partial charge is 0.153 e. The number of nitrogens with one attached hydrogen (secondary N) is 1. The summed E-state index contributed by atoms with van der Waals surface area (Å²) in [5.41, 5.74) is 2.95. The van der Waals surface area contributed by atoms with Crippen LogP contribution in [0.3, 0.4) is 0 Å². The number of hydrogen-bond acceptors (Lipinski definition) is 4. The zero-order valence-electron chi connectivity index (χ0n) is 13.1. The highest BCUT2D eigenvalue weighted by molar-refractivity contribution is 6.14. The quantitative estimate of drug-likeness (QED) is 0.624. The molecule has 2 aromatic rings. The lowest BCUT2D eigenvalue weighted by atomic mass is 10.1. The monoisotopic (exact) mass is 305 g/mol. The number of allylic oxidation sites excluding steroid dienone is 2. The molecule has 1 heterocycles. The average molecular weight is 305 g/mol. The molecule has 23 heavy (non-hydrogen) atoms. The highest BCUT2D eigenvalue weighted by Gasteiger charge is 2.15. The number of nitriles is 1. The number of rotatable bonds is 7. The van der Waals surface area contributed by atoms with Gasteiger partial charge in [0.15, 0.2) is 5.76 Å². The number of nitrogens with zero attached hydrogens (tertiary/aromatic N) is 2. The molecule has 4 heteroatoms. The van der Waals surface area contributed by atoms with Crippen molar-refractivity contribution in [1.82, 2.24) is 5.32 Å². The third-order valence-corrected chi connectivity index (χ3v) is 3.35. The van der Waals surface area contributed by atoms with Gasteiger partial charge in [-0.3, -0.25) is 4.99 Å². The maximum Gasteiger partial charge on any atom is 0.153 e. The maximum atomic E-state index is 9.50. The van der Waals surface area contributed by atoms with Crippen LogP contribution in [-0.4, -0.2) is 12.3 Å². The van der Waals surface area contributed by atoms with Crippen LogP contribution in [0, 0.1) is 11.3 Å². The lowest BCUT2D eigenvalue weighted by Crippen LogP contribution is -2.19. The molecule has 0 saturated carbocycles. The lowest BCUT2D eigenvalue weighted by molar-refractivity contribution is 0.558. The lowest BCUT2D eigenvalue weighted by Gasteiger charge is -2.10. The van der Waals surface area contributed by atoms with Crippen LogP contribution in [-0.2, 0) is 6.42 Å². The molecule has 1 aromatic heterocycles. The molecule has 0 spiro atoms. The summed E-state index contributed by atoms with van der Waals surface area (Å²) in [6, 6.07) is 15.9. The third kappa shape index (κ3) is 4.45. The fraction of sp³-hybridized carbons (Fsp3) is 0.158. The van der Waals surface area contributed by atoms with Crippen molar-refractivity contribution in [3.63, 3.8) is 0 Å². The topological polar surface area (TPSA) is 61.3 Å². The Bertz CT molecular complexity index is 735. The van der Waals surface area contributed by atoms with Crippen LogP contribution in [0.25, 0.3) is 0 Å². The first-order valence-corrected chi connectivity index (χ1v) is 7.38. The summed E-state index contributed by atoms with van der Waals surface area (Å²) in [5.74, 6) is 0.547. The molecule has 116 valence electrons. The number of furan rings is 1. The highest BCUT2D eigenvalue weighted by Crippen LogP contribution is 2.13. The molecule has 0 unspecified atom stereocenters. The van der Waals surface area contributed by atoms with Crippen molar-refractivity contribution >= 4 is 5.71 Å². The minimum atomic E-state index is 0.452. The summed E-state index contributed by atoms with van der Waals surface area (Å²) in [6.45, 7) is 6.21. The highest BCUT2D eigenvalue weighted by atomic mass is 16.3. The van der Waals surface area contributed by atoms with Crippen molar-refractivity contribution < 1.29 is 4.42 Å². The predicted octanol–water partition coefficient (Wildman–Crippen LogP) is 3.84. The van der Waals surface area contributed by atoms with Gasteiger partial charge in [-0.05, 0) is 31.0 Å². The summed E-state index contributed by atoms with van der Waals surface area (Å²) in [6.07, 6.45) is 3.85. The SMILES string of the molecule is C=C/N=C(\C(C#N)=C(/C)NCCc1ccccc1)c1ccco1. The van der Waals surface area contributed by atoms with Crippen LogP contribution in [0.5, 0.6) is 0 Å². The zero-order chi connectivity index (χ0) is 16.5. The fourth-order valence-corrected chi connectivity index (χ4v) is 2.20. The van der Waals surface area contributed by atoms with Gasteiger partial charge >= 0.3 is 0 Å². The van der Waals surface area contributed by atoms with Crippen LogP contribution in [0.2, 0.25) is 0 Å². The predicted molar refractivity (Wildman–Crippen MR) is 91.9 cm³/mol. The fourth-order valence-electron chi connectivity index (χ4n) is 2.20. The van der Waals surface area contributed by atoms with Gasteiger partial charge in [0.25, 0.3) is 0 Å². The van der Waals surface area contributed by atoms with E-state index < -0.39 is 0 Å². The van der Waals surface area contributed by atoms with Gasteiger partial charge in [0.05, 0.1) is 6.26 Å². The molecule has 0 radical (unpaired) electrons. The Morgan fingerprint density at radius 1 is 1.30 bits per heavy atom. The first kappa shape index (κ1) is 16.3. The zero-order valence-corrected chi connectivity index (χ0v) is 13.1. The van der Waals surface area contributed by atoms with Gasteiger partial charge in [0.1, 0.15) is 17.4 Å². The van der Waals surface area contributed by atoms with Crippen molar-refractivity contribution in [3.8, 4) is 6.07 Å². The van der Waals surface area contributed by atoms with Crippen molar-refractivity contribution in [3.05, 3.63) is 84.1 Å². The second kappa shape index (κ2) is 8.40. The van der Waals surface area contributed by atoms with Crippen LogP contribution in [0.1, 0.15) is 18.2 Å². The van der Waals surface area contributed by atoms with Gasteiger partial charge in [-0.1, -0.05) is 36.9 Å². The molecule has 2 rings (SSSR count). The molecule has 0 fully saturated rings. The van der Waals surface area contributed by atoms with Gasteiger partial charge in [-0.25, -0.2) is 0 Å². The Hall–Kier alpha value is -3.06. The Morgan fingerprint density at radius 3 is 2.70 bits per heavy atom. The molecule has 0 bridgehead atoms. The number of benzene rings is 1. The first-order chi connectivity index (χ1) is 11.3. The first-order valence-electron chi connectivity index (χ1n) is 7.38. The Kier molecular flexibility index (Phi) is 5.96. The molecular formula is C19H19N3O. The minimum absolute atomic E-state index is 0.452. The van der Waals surface area contributed by atoms with Crippen molar-refractivity contribution in [2.24, 2.45) is 4.99 Å². The maximum absolute atomic E-state index is 9.50. The van der Waals surface area contributed by atoms with E-state index in [0.29, 0.717) is 17.0 Å². The summed E-state index contributed by atoms with van der Waals surface area (Å²) >= 11 is 0. The van der Waals surface area contributed by atoms with E-state index in [0.717, 1.165) is 18.7 Å². The van der Waals surface area contributed by atoms with Gasteiger partial charge in [0.2, 0.25) is 0 Å². The normalized spacial score (nSPS) is 12.3. The van der Waals surface area contributed by atoms with Crippen LogP contribution in [0.15, 0.2) is 82.2 Å². The van der Waals surface area contributed by atoms with E-state index >= 15 is 0 Å². The summed E-state index contributed by atoms with van der Waals surface area (Å²) in [7, 11) is 0. The van der Waals surface area contributed by atoms with Crippen molar-refractivity contribution in [2.75, 3.05) is 6.54 Å². The van der Waals surface area contributed by atoms with Gasteiger partial charge in [-0.15, -0.1) is 0 Å². The van der Waals surface area contributed by atoms with E-state index in [4.69, 9.17) is 4.42 Å². The van der Waals surface area contributed by atoms with E-state index in [-0.39, 0.29) is 0 Å². The summed E-state index contributed by atoms with van der Waals surface area (Å²) in [4.78, 5) is 4.19. The second-order valence-electron chi connectivity index (χ2n) is 4.91. The van der Waals surface area contributed by atoms with Gasteiger partial charge in [-0.2, -0.15) is 5.26 Å². The Morgan fingerprint density at radius 2 is 2.09 bits per heavy atom. The molecule has 0 aliphatic carbocycles. The number of hydrogen-bond donors (Lipinski definition) is 1. The van der Waals surface area contributed by atoms with E-state index in [2.05, 4.69) is 35.1 Å². The molecule has 0 aliphatic heterocycles. The second-order valence-corrected chi connectivity index (χ2v) is 4.91. The Balaban J connectivity index is 2.13. The molecule has 1 N–H and O–H groups in total. The summed E-state index contributed by atoms with van der Waals surface area (Å²) in [5, 5.41) is 12.8. The molecule has 0 aliphatic rings. The van der Waals surface area contributed by atoms with E-state index in [1.165, 1.54) is 11.8 Å². The van der Waals surface area contributed by atoms with Crippen LogP contribution in [0.4, 0.5) is 0 Å². The molecule has 1 aromatic carbocycles.